The molecule has 0 aromatic heterocycles. The van der Waals surface area contributed by atoms with Gasteiger partial charge in [0.1, 0.15) is 4.32 Å². The van der Waals surface area contributed by atoms with E-state index in [0.717, 1.165) is 24.8 Å². The molecule has 2 rings (SSSR count). The van der Waals surface area contributed by atoms with E-state index in [4.69, 9.17) is 4.74 Å². The molecule has 3 nitrogen and oxygen atoms in total. The van der Waals surface area contributed by atoms with Crippen LogP contribution in [-0.4, -0.2) is 23.2 Å². The summed E-state index contributed by atoms with van der Waals surface area (Å²) in [5, 5.41) is 0. The normalized spacial score (nSPS) is 34.7. The Hall–Kier alpha value is -0.640. The van der Waals surface area contributed by atoms with E-state index in [1.165, 1.54) is 7.11 Å². The molecule has 2 atom stereocenters. The number of ether oxygens (including phenoxy) is 1. The summed E-state index contributed by atoms with van der Waals surface area (Å²) in [6.45, 7) is 0. The van der Waals surface area contributed by atoms with Crippen LogP contribution in [0.15, 0.2) is 11.6 Å². The number of esters is 1. The maximum absolute atomic E-state index is 11.4. The fraction of sp³-hybridized carbons (Fsp3) is 0.636. The number of methoxy groups -OCH3 is 1. The summed E-state index contributed by atoms with van der Waals surface area (Å²) in [6.07, 6.45) is 4.94. The molecule has 1 saturated carbocycles. The highest BCUT2D eigenvalue weighted by Gasteiger charge is 2.60. The maximum atomic E-state index is 11.4. The maximum Gasteiger partial charge on any atom is 0.323 e. The molecule has 0 saturated heterocycles. The van der Waals surface area contributed by atoms with E-state index in [-0.39, 0.29) is 17.7 Å². The first kappa shape index (κ1) is 10.9. The summed E-state index contributed by atoms with van der Waals surface area (Å²) < 4.78 is 4.18. The number of halogens is 1. The largest absolute Gasteiger partial charge is 0.468 e. The van der Waals surface area contributed by atoms with Crippen LogP contribution in [0, 0.1) is 5.92 Å². The van der Waals surface area contributed by atoms with Crippen LogP contribution in [0.5, 0.6) is 0 Å². The lowest BCUT2D eigenvalue weighted by Crippen LogP contribution is -2.20. The van der Waals surface area contributed by atoms with Crippen molar-refractivity contribution in [2.45, 2.75) is 30.0 Å². The second-order valence-electron chi connectivity index (χ2n) is 4.15. The highest BCUT2D eigenvalue weighted by atomic mass is 79.9. The lowest BCUT2D eigenvalue weighted by molar-refractivity contribution is -0.140. The molecule has 0 unspecified atom stereocenters. The molecule has 0 bridgehead atoms. The van der Waals surface area contributed by atoms with Gasteiger partial charge in [-0.1, -0.05) is 21.5 Å². The highest BCUT2D eigenvalue weighted by Crippen LogP contribution is 2.57. The van der Waals surface area contributed by atoms with Gasteiger partial charge in [0, 0.05) is 12.3 Å². The molecule has 0 aromatic carbocycles. The number of hydrogen-bond donors (Lipinski definition) is 0. The number of hydrogen-bond acceptors (Lipinski definition) is 3. The van der Waals surface area contributed by atoms with Crippen molar-refractivity contribution in [1.29, 1.82) is 0 Å². The average molecular weight is 273 g/mol. The van der Waals surface area contributed by atoms with E-state index < -0.39 is 4.32 Å². The van der Waals surface area contributed by atoms with Crippen LogP contribution >= 0.6 is 15.9 Å². The fourth-order valence-corrected chi connectivity index (χ4v) is 2.93. The van der Waals surface area contributed by atoms with E-state index >= 15 is 0 Å². The van der Waals surface area contributed by atoms with Gasteiger partial charge in [0.05, 0.1) is 7.11 Å². The Morgan fingerprint density at radius 3 is 2.93 bits per heavy atom. The molecule has 15 heavy (non-hydrogen) atoms. The van der Waals surface area contributed by atoms with Gasteiger partial charge in [-0.3, -0.25) is 9.59 Å². The Kier molecular flexibility index (Phi) is 2.71. The summed E-state index contributed by atoms with van der Waals surface area (Å²) in [4.78, 5) is 22.7. The van der Waals surface area contributed by atoms with Crippen molar-refractivity contribution in [3.8, 4) is 0 Å². The zero-order chi connectivity index (χ0) is 11.1. The van der Waals surface area contributed by atoms with E-state index in [0.29, 0.717) is 6.42 Å². The van der Waals surface area contributed by atoms with Crippen LogP contribution in [-0.2, 0) is 14.3 Å². The number of ketones is 1. The molecule has 4 heteroatoms. The summed E-state index contributed by atoms with van der Waals surface area (Å²) in [5.74, 6) is 0.114. The molecular formula is C11H13BrO3. The minimum absolute atomic E-state index is 0.161. The van der Waals surface area contributed by atoms with Crippen LogP contribution < -0.4 is 0 Å². The van der Waals surface area contributed by atoms with Crippen LogP contribution in [0.4, 0.5) is 0 Å². The van der Waals surface area contributed by atoms with Gasteiger partial charge in [0.2, 0.25) is 0 Å². The van der Waals surface area contributed by atoms with Crippen LogP contribution in [0.1, 0.15) is 25.7 Å². The second-order valence-corrected chi connectivity index (χ2v) is 5.56. The monoisotopic (exact) mass is 272 g/mol. The lowest BCUT2D eigenvalue weighted by Gasteiger charge is -2.13. The van der Waals surface area contributed by atoms with E-state index in [2.05, 4.69) is 15.9 Å². The zero-order valence-electron chi connectivity index (χ0n) is 8.59. The minimum Gasteiger partial charge on any atom is -0.468 e. The molecule has 0 N–H and O–H groups in total. The predicted molar refractivity (Wildman–Crippen MR) is 58.7 cm³/mol. The first-order chi connectivity index (χ1) is 7.08. The summed E-state index contributed by atoms with van der Waals surface area (Å²) >= 11 is 3.41. The number of rotatable bonds is 2. The van der Waals surface area contributed by atoms with Crippen molar-refractivity contribution in [2.24, 2.45) is 5.92 Å². The zero-order valence-corrected chi connectivity index (χ0v) is 10.2. The van der Waals surface area contributed by atoms with Gasteiger partial charge in [-0.15, -0.1) is 0 Å². The van der Waals surface area contributed by atoms with Crippen LogP contribution in [0.25, 0.3) is 0 Å². The van der Waals surface area contributed by atoms with Gasteiger partial charge >= 0.3 is 5.97 Å². The third-order valence-electron chi connectivity index (χ3n) is 3.10. The minimum atomic E-state index is -0.550. The molecule has 0 radical (unpaired) electrons. The third kappa shape index (κ3) is 1.87. The summed E-state index contributed by atoms with van der Waals surface area (Å²) in [6, 6.07) is 0. The van der Waals surface area contributed by atoms with Crippen molar-refractivity contribution in [3.63, 3.8) is 0 Å². The third-order valence-corrected chi connectivity index (χ3v) is 4.30. The molecule has 0 aliphatic heterocycles. The quantitative estimate of drug-likeness (QED) is 0.571. The smallest absolute Gasteiger partial charge is 0.323 e. The molecular weight excluding hydrogens is 260 g/mol. The second kappa shape index (κ2) is 3.74. The molecule has 2 aliphatic carbocycles. The van der Waals surface area contributed by atoms with Gasteiger partial charge in [-0.05, 0) is 25.3 Å². The molecule has 0 aromatic rings. The van der Waals surface area contributed by atoms with E-state index in [1.807, 2.05) is 0 Å². The topological polar surface area (TPSA) is 43.4 Å². The van der Waals surface area contributed by atoms with Crippen molar-refractivity contribution >= 4 is 27.7 Å². The van der Waals surface area contributed by atoms with Gasteiger partial charge in [0.25, 0.3) is 0 Å². The number of carbonyl (C=O) groups excluding carboxylic acids is 2. The molecule has 0 heterocycles. The SMILES string of the molecule is COC(=O)[C@@]1(Br)C[C@H]1C1=CC(=O)CCC1. The van der Waals surface area contributed by atoms with Gasteiger partial charge in [-0.2, -0.15) is 0 Å². The van der Waals surface area contributed by atoms with E-state index in [1.54, 1.807) is 6.08 Å². The highest BCUT2D eigenvalue weighted by molar-refractivity contribution is 9.10. The Morgan fingerprint density at radius 2 is 2.33 bits per heavy atom. The van der Waals surface area contributed by atoms with E-state index in [9.17, 15) is 9.59 Å². The first-order valence-electron chi connectivity index (χ1n) is 5.08. The Labute approximate surface area is 97.0 Å². The Balaban J connectivity index is 2.10. The molecule has 1 fully saturated rings. The Morgan fingerprint density at radius 1 is 1.60 bits per heavy atom. The Bertz CT molecular complexity index is 348. The van der Waals surface area contributed by atoms with Gasteiger partial charge in [0.15, 0.2) is 5.78 Å². The standard InChI is InChI=1S/C11H13BrO3/c1-15-10(14)11(12)6-9(11)7-3-2-4-8(13)5-7/h5,9H,2-4,6H2,1H3/t9-,11+/m0/s1. The van der Waals surface area contributed by atoms with Crippen LogP contribution in [0.3, 0.4) is 0 Å². The number of allylic oxidation sites excluding steroid dienone is 2. The fourth-order valence-electron chi connectivity index (χ4n) is 2.15. The van der Waals surface area contributed by atoms with Crippen LogP contribution in [0.2, 0.25) is 0 Å². The van der Waals surface area contributed by atoms with Crippen molar-refractivity contribution < 1.29 is 14.3 Å². The molecule has 82 valence electrons. The number of alkyl halides is 1. The molecule has 2 aliphatic rings. The lowest BCUT2D eigenvalue weighted by atomic mass is 9.94. The van der Waals surface area contributed by atoms with Crippen molar-refractivity contribution in [2.75, 3.05) is 7.11 Å². The summed E-state index contributed by atoms with van der Waals surface area (Å²) in [5.41, 5.74) is 1.11. The first-order valence-corrected chi connectivity index (χ1v) is 5.88. The average Bonchev–Trinajstić information content (AvgIpc) is 2.91. The predicted octanol–water partition coefficient (Wildman–Crippen LogP) is 1.99. The van der Waals surface area contributed by atoms with Gasteiger partial charge < -0.3 is 4.74 Å². The molecule has 0 spiro atoms. The van der Waals surface area contributed by atoms with Gasteiger partial charge in [-0.25, -0.2) is 0 Å². The van der Waals surface area contributed by atoms with Crippen molar-refractivity contribution in [1.82, 2.24) is 0 Å². The van der Waals surface area contributed by atoms with Crippen molar-refractivity contribution in [3.05, 3.63) is 11.6 Å². The number of carbonyl (C=O) groups is 2. The summed E-state index contributed by atoms with van der Waals surface area (Å²) in [7, 11) is 1.39. The molecule has 0 amide bonds.